The van der Waals surface area contributed by atoms with Crippen molar-refractivity contribution in [3.63, 3.8) is 0 Å². The Labute approximate surface area is 276 Å². The van der Waals surface area contributed by atoms with Gasteiger partial charge in [-0.15, -0.1) is 22.7 Å². The minimum absolute atomic E-state index is 1.05. The lowest BCUT2D eigenvalue weighted by Crippen LogP contribution is -1.95. The predicted octanol–water partition coefficient (Wildman–Crippen LogP) is 13.1. The summed E-state index contributed by atoms with van der Waals surface area (Å²) in [5, 5.41) is 5.31. The highest BCUT2D eigenvalue weighted by Crippen LogP contribution is 2.43. The average molecular weight is 624 g/mol. The van der Waals surface area contributed by atoms with Gasteiger partial charge in [-0.1, -0.05) is 109 Å². The molecule has 0 aliphatic carbocycles. The first-order valence-electron chi connectivity index (χ1n) is 15.6. The lowest BCUT2D eigenvalue weighted by Gasteiger charge is -2.14. The first kappa shape index (κ1) is 27.2. The van der Waals surface area contributed by atoms with Gasteiger partial charge in [-0.25, -0.2) is 0 Å². The van der Waals surface area contributed by atoms with E-state index in [1.165, 1.54) is 84.9 Å². The summed E-state index contributed by atoms with van der Waals surface area (Å²) < 4.78 is 5.34. The zero-order valence-corrected chi connectivity index (χ0v) is 27.2. The van der Waals surface area contributed by atoms with Crippen molar-refractivity contribution in [3.05, 3.63) is 151 Å². The van der Waals surface area contributed by atoms with Crippen LogP contribution in [0.15, 0.2) is 140 Å². The molecule has 3 heteroatoms. The van der Waals surface area contributed by atoms with Gasteiger partial charge >= 0.3 is 0 Å². The molecule has 0 saturated heterocycles. The van der Waals surface area contributed by atoms with E-state index < -0.39 is 0 Å². The highest BCUT2D eigenvalue weighted by atomic mass is 32.1. The van der Waals surface area contributed by atoms with Crippen molar-refractivity contribution in [1.82, 2.24) is 4.98 Å². The predicted molar refractivity (Wildman–Crippen MR) is 201 cm³/mol. The van der Waals surface area contributed by atoms with Gasteiger partial charge in [0.25, 0.3) is 0 Å². The summed E-state index contributed by atoms with van der Waals surface area (Å²) in [6.07, 6.45) is 0. The molecule has 0 atom stereocenters. The van der Waals surface area contributed by atoms with Gasteiger partial charge < -0.3 is 0 Å². The summed E-state index contributed by atoms with van der Waals surface area (Å²) >= 11 is 3.76. The number of aryl methyl sites for hydroxylation is 2. The largest absolute Gasteiger partial charge is 0.257 e. The van der Waals surface area contributed by atoms with Crippen molar-refractivity contribution < 1.29 is 0 Å². The number of benzene rings is 6. The maximum atomic E-state index is 5.09. The van der Waals surface area contributed by atoms with Crippen LogP contribution in [0, 0.1) is 13.8 Å². The van der Waals surface area contributed by atoms with Crippen LogP contribution in [0.25, 0.3) is 84.9 Å². The van der Waals surface area contributed by atoms with E-state index in [0.717, 1.165) is 11.4 Å². The zero-order valence-electron chi connectivity index (χ0n) is 25.5. The number of hydrogen-bond donors (Lipinski definition) is 0. The molecule has 3 heterocycles. The van der Waals surface area contributed by atoms with E-state index in [9.17, 15) is 0 Å². The molecule has 6 aromatic carbocycles. The molecule has 0 spiro atoms. The van der Waals surface area contributed by atoms with E-state index in [-0.39, 0.29) is 0 Å². The number of aromatic nitrogens is 1. The van der Waals surface area contributed by atoms with Crippen LogP contribution < -0.4 is 0 Å². The summed E-state index contributed by atoms with van der Waals surface area (Å²) in [5.41, 5.74) is 11.8. The first-order chi connectivity index (χ1) is 22.6. The van der Waals surface area contributed by atoms with E-state index in [2.05, 4.69) is 153 Å². The number of hydrogen-bond acceptors (Lipinski definition) is 3. The molecule has 0 saturated carbocycles. The van der Waals surface area contributed by atoms with Crippen LogP contribution in [-0.2, 0) is 0 Å². The Morgan fingerprint density at radius 2 is 0.761 bits per heavy atom. The second-order valence-corrected chi connectivity index (χ2v) is 14.1. The SMILES string of the molecule is Cc1nc(C)c(-c2cccc(-c3cccc4c3sc3ccccc34)c2)cc1-c1cccc(-c2cccc3c2sc2ccccc23)c1. The van der Waals surface area contributed by atoms with Crippen LogP contribution in [0.3, 0.4) is 0 Å². The highest BCUT2D eigenvalue weighted by molar-refractivity contribution is 7.26. The van der Waals surface area contributed by atoms with Gasteiger partial charge in [-0.05, 0) is 77.6 Å². The second kappa shape index (κ2) is 10.8. The second-order valence-electron chi connectivity index (χ2n) is 12.0. The lowest BCUT2D eigenvalue weighted by atomic mass is 9.93. The average Bonchev–Trinajstić information content (AvgIpc) is 3.67. The summed E-state index contributed by atoms with van der Waals surface area (Å²) in [6.45, 7) is 4.26. The molecule has 0 fully saturated rings. The highest BCUT2D eigenvalue weighted by Gasteiger charge is 2.15. The molecule has 0 radical (unpaired) electrons. The third-order valence-electron chi connectivity index (χ3n) is 9.18. The molecule has 9 rings (SSSR count). The lowest BCUT2D eigenvalue weighted by molar-refractivity contribution is 1.13. The Morgan fingerprint density at radius 3 is 1.24 bits per heavy atom. The molecular weight excluding hydrogens is 595 g/mol. The molecule has 9 aromatic rings. The van der Waals surface area contributed by atoms with E-state index >= 15 is 0 Å². The van der Waals surface area contributed by atoms with Crippen LogP contribution in [0.4, 0.5) is 0 Å². The number of rotatable bonds is 4. The van der Waals surface area contributed by atoms with Crippen molar-refractivity contribution >= 4 is 63.0 Å². The Balaban J connectivity index is 1.15. The molecule has 46 heavy (non-hydrogen) atoms. The van der Waals surface area contributed by atoms with Gasteiger partial charge in [0.1, 0.15) is 0 Å². The first-order valence-corrected chi connectivity index (χ1v) is 17.3. The van der Waals surface area contributed by atoms with E-state index in [1.807, 2.05) is 22.7 Å². The maximum Gasteiger partial charge on any atom is 0.0454 e. The molecule has 0 unspecified atom stereocenters. The van der Waals surface area contributed by atoms with Gasteiger partial charge in [0, 0.05) is 62.9 Å². The van der Waals surface area contributed by atoms with Gasteiger partial charge in [0.05, 0.1) is 0 Å². The molecule has 0 aliphatic heterocycles. The van der Waals surface area contributed by atoms with E-state index in [4.69, 9.17) is 4.98 Å². The summed E-state index contributed by atoms with van der Waals surface area (Å²) in [6, 6.07) is 51.1. The minimum atomic E-state index is 1.05. The Hall–Kier alpha value is -5.09. The normalized spacial score (nSPS) is 11.7. The van der Waals surface area contributed by atoms with Crippen LogP contribution in [0.1, 0.15) is 11.4 Å². The molecular formula is C43H29NS2. The number of fused-ring (bicyclic) bond motifs is 6. The zero-order chi connectivity index (χ0) is 30.8. The standard InChI is InChI=1S/C43H29NS2/c1-26-38(30-13-7-11-28(23-30)32-17-9-19-36-34-15-3-5-21-40(34)45-42(32)36)25-39(27(2)44-26)31-14-8-12-29(24-31)33-18-10-20-37-35-16-4-6-22-41(35)46-43(33)37/h3-25H,1-2H3. The van der Waals surface area contributed by atoms with Crippen LogP contribution in [0.2, 0.25) is 0 Å². The minimum Gasteiger partial charge on any atom is -0.257 e. The van der Waals surface area contributed by atoms with Crippen LogP contribution in [0.5, 0.6) is 0 Å². The fraction of sp³-hybridized carbons (Fsp3) is 0.0465. The van der Waals surface area contributed by atoms with Crippen molar-refractivity contribution in [2.24, 2.45) is 0 Å². The smallest absolute Gasteiger partial charge is 0.0454 e. The third-order valence-corrected chi connectivity index (χ3v) is 11.6. The molecule has 3 aromatic heterocycles. The van der Waals surface area contributed by atoms with Crippen LogP contribution in [-0.4, -0.2) is 4.98 Å². The monoisotopic (exact) mass is 623 g/mol. The summed E-state index contributed by atoms with van der Waals surface area (Å²) in [5.74, 6) is 0. The molecule has 0 bridgehead atoms. The number of nitrogens with zero attached hydrogens (tertiary/aromatic N) is 1. The number of thiophene rings is 2. The molecule has 0 aliphatic rings. The van der Waals surface area contributed by atoms with E-state index in [0.29, 0.717) is 0 Å². The van der Waals surface area contributed by atoms with E-state index in [1.54, 1.807) is 0 Å². The number of pyridine rings is 1. The molecule has 0 N–H and O–H groups in total. The maximum absolute atomic E-state index is 5.09. The van der Waals surface area contributed by atoms with Crippen molar-refractivity contribution in [2.45, 2.75) is 13.8 Å². The molecule has 1 nitrogen and oxygen atoms in total. The fourth-order valence-electron chi connectivity index (χ4n) is 6.97. The van der Waals surface area contributed by atoms with Crippen LogP contribution >= 0.6 is 22.7 Å². The van der Waals surface area contributed by atoms with Gasteiger partial charge in [0.15, 0.2) is 0 Å². The van der Waals surface area contributed by atoms with Gasteiger partial charge in [0.2, 0.25) is 0 Å². The van der Waals surface area contributed by atoms with Crippen molar-refractivity contribution in [3.8, 4) is 44.5 Å². The fourth-order valence-corrected chi connectivity index (χ4v) is 9.44. The Morgan fingerprint density at radius 1 is 0.370 bits per heavy atom. The summed E-state index contributed by atoms with van der Waals surface area (Å²) in [4.78, 5) is 5.09. The van der Waals surface area contributed by atoms with Gasteiger partial charge in [-0.2, -0.15) is 0 Å². The Kier molecular flexibility index (Phi) is 6.38. The summed E-state index contributed by atoms with van der Waals surface area (Å²) in [7, 11) is 0. The third kappa shape index (κ3) is 4.39. The van der Waals surface area contributed by atoms with Crippen molar-refractivity contribution in [1.29, 1.82) is 0 Å². The molecule has 0 amide bonds. The Bertz CT molecular complexity index is 2440. The topological polar surface area (TPSA) is 12.9 Å². The van der Waals surface area contributed by atoms with Gasteiger partial charge in [-0.3, -0.25) is 4.98 Å². The van der Waals surface area contributed by atoms with Crippen molar-refractivity contribution in [2.75, 3.05) is 0 Å². The quantitative estimate of drug-likeness (QED) is 0.190. The molecule has 218 valence electrons.